The fraction of sp³-hybridized carbons (Fsp3) is 0.381. The number of carbonyl (C=O) groups excluding carboxylic acids is 1. The Bertz CT molecular complexity index is 1170. The first-order chi connectivity index (χ1) is 15.9. The van der Waals surface area contributed by atoms with Crippen LogP contribution in [0.1, 0.15) is 28.8 Å². The van der Waals surface area contributed by atoms with Crippen molar-refractivity contribution in [2.75, 3.05) is 42.5 Å². The molecule has 0 radical (unpaired) electrons. The Labute approximate surface area is 191 Å². The van der Waals surface area contributed by atoms with Gasteiger partial charge in [-0.25, -0.2) is 4.98 Å². The van der Waals surface area contributed by atoms with Gasteiger partial charge in [0, 0.05) is 37.3 Å². The highest BCUT2D eigenvalue weighted by molar-refractivity contribution is 7.91. The summed E-state index contributed by atoms with van der Waals surface area (Å²) in [6.45, 7) is 1.99. The molecule has 2 aliphatic heterocycles. The van der Waals surface area contributed by atoms with Crippen molar-refractivity contribution in [3.8, 4) is 5.75 Å². The summed E-state index contributed by atoms with van der Waals surface area (Å²) in [6, 6.07) is 8.42. The maximum absolute atomic E-state index is 12.2. The maximum Gasteiger partial charge on any atom is 0.344 e. The summed E-state index contributed by atoms with van der Waals surface area (Å²) >= 11 is 0. The molecule has 1 aromatic heterocycles. The second kappa shape index (κ2) is 9.63. The molecular formula is C21H26N6O5S. The monoisotopic (exact) mass is 474 g/mol. The van der Waals surface area contributed by atoms with Crippen molar-refractivity contribution in [1.29, 1.82) is 0 Å². The summed E-state index contributed by atoms with van der Waals surface area (Å²) in [5, 5.41) is 11.5. The van der Waals surface area contributed by atoms with Crippen molar-refractivity contribution in [1.82, 2.24) is 10.3 Å². The van der Waals surface area contributed by atoms with Crippen molar-refractivity contribution in [3.63, 3.8) is 0 Å². The van der Waals surface area contributed by atoms with E-state index in [4.69, 9.17) is 15.6 Å². The molecule has 2 aromatic rings. The van der Waals surface area contributed by atoms with E-state index in [9.17, 15) is 13.2 Å². The van der Waals surface area contributed by atoms with Gasteiger partial charge in [-0.2, -0.15) is 8.42 Å². The molecule has 1 amide bonds. The van der Waals surface area contributed by atoms with Crippen LogP contribution in [0.5, 0.6) is 5.75 Å². The quantitative estimate of drug-likeness (QED) is 0.451. The molecule has 12 heteroatoms. The molecule has 0 aliphatic carbocycles. The molecule has 3 heterocycles. The molecule has 0 bridgehead atoms. The molecular weight excluding hydrogens is 448 g/mol. The standard InChI is InChI=1S/C21H26N6O5S/c22-20-19-16(25-33(30,31)26-20)4-1-5-17(19)32-13-14-3-2-9-27(12-14)18-11-15(6-7-23-18)21(29)24-8-10-28/h1,4-7,11,14,25,28H,2-3,8-10,12-13H2,(H2,22,26)(H,24,29)/t14-/m0/s1. The number of nitrogens with two attached hydrogens (primary N) is 1. The first-order valence-corrected chi connectivity index (χ1v) is 12.0. The highest BCUT2D eigenvalue weighted by Crippen LogP contribution is 2.31. The van der Waals surface area contributed by atoms with Crippen LogP contribution in [0.15, 0.2) is 40.9 Å². The Balaban J connectivity index is 1.43. The molecule has 176 valence electrons. The van der Waals surface area contributed by atoms with Gasteiger partial charge in [-0.15, -0.1) is 4.40 Å². The topological polar surface area (TPSA) is 159 Å². The second-order valence-electron chi connectivity index (χ2n) is 7.88. The van der Waals surface area contributed by atoms with Gasteiger partial charge >= 0.3 is 10.2 Å². The van der Waals surface area contributed by atoms with Crippen LogP contribution < -0.4 is 25.4 Å². The number of amides is 1. The fourth-order valence-corrected chi connectivity index (χ4v) is 4.80. The predicted octanol–water partition coefficient (Wildman–Crippen LogP) is 0.475. The van der Waals surface area contributed by atoms with Crippen LogP contribution in [0, 0.1) is 5.92 Å². The lowest BCUT2D eigenvalue weighted by molar-refractivity contribution is 0.0944. The minimum atomic E-state index is -3.85. The van der Waals surface area contributed by atoms with E-state index >= 15 is 0 Å². The Morgan fingerprint density at radius 1 is 1.36 bits per heavy atom. The number of rotatable bonds is 7. The number of amidine groups is 1. The summed E-state index contributed by atoms with van der Waals surface area (Å²) in [4.78, 5) is 18.7. The smallest absolute Gasteiger partial charge is 0.344 e. The number of piperidine rings is 1. The molecule has 33 heavy (non-hydrogen) atoms. The number of aliphatic hydroxyl groups excluding tert-OH is 1. The summed E-state index contributed by atoms with van der Waals surface area (Å²) < 4.78 is 35.4. The molecule has 1 fully saturated rings. The van der Waals surface area contributed by atoms with Crippen LogP contribution in [0.2, 0.25) is 0 Å². The predicted molar refractivity (Wildman–Crippen MR) is 124 cm³/mol. The Hall–Kier alpha value is -3.38. The number of benzene rings is 1. The van der Waals surface area contributed by atoms with Crippen LogP contribution >= 0.6 is 0 Å². The molecule has 1 aromatic carbocycles. The molecule has 0 unspecified atom stereocenters. The first kappa shape index (κ1) is 22.8. The van der Waals surface area contributed by atoms with E-state index in [2.05, 4.69) is 24.3 Å². The molecule has 1 saturated heterocycles. The summed E-state index contributed by atoms with van der Waals surface area (Å²) in [5.74, 6) is 1.01. The number of hydrogen-bond acceptors (Lipinski definition) is 8. The number of aliphatic hydroxyl groups is 1. The molecule has 5 N–H and O–H groups in total. The number of hydrogen-bond donors (Lipinski definition) is 4. The molecule has 2 aliphatic rings. The van der Waals surface area contributed by atoms with E-state index in [0.29, 0.717) is 41.5 Å². The van der Waals surface area contributed by atoms with Crippen molar-refractivity contribution >= 4 is 33.5 Å². The van der Waals surface area contributed by atoms with Gasteiger partial charge in [0.05, 0.1) is 24.5 Å². The molecule has 1 atom stereocenters. The molecule has 0 spiro atoms. The molecule has 11 nitrogen and oxygen atoms in total. The van der Waals surface area contributed by atoms with Crippen molar-refractivity contribution in [3.05, 3.63) is 47.7 Å². The van der Waals surface area contributed by atoms with E-state index in [0.717, 1.165) is 19.4 Å². The summed E-state index contributed by atoms with van der Waals surface area (Å²) in [5.41, 5.74) is 7.14. The van der Waals surface area contributed by atoms with Gasteiger partial charge in [0.2, 0.25) is 0 Å². The summed E-state index contributed by atoms with van der Waals surface area (Å²) in [6.07, 6.45) is 3.49. The van der Waals surface area contributed by atoms with Gasteiger partial charge in [0.1, 0.15) is 11.6 Å². The van der Waals surface area contributed by atoms with Crippen LogP contribution in [-0.2, 0) is 10.2 Å². The van der Waals surface area contributed by atoms with E-state index in [1.165, 1.54) is 0 Å². The average molecular weight is 475 g/mol. The van der Waals surface area contributed by atoms with Gasteiger partial charge in [-0.3, -0.25) is 9.52 Å². The van der Waals surface area contributed by atoms with Crippen molar-refractivity contribution in [2.24, 2.45) is 16.0 Å². The van der Waals surface area contributed by atoms with Crippen LogP contribution in [0.3, 0.4) is 0 Å². The van der Waals surface area contributed by atoms with E-state index in [-0.39, 0.29) is 30.8 Å². The minimum Gasteiger partial charge on any atom is -0.492 e. The second-order valence-corrected chi connectivity index (χ2v) is 9.22. The summed E-state index contributed by atoms with van der Waals surface area (Å²) in [7, 11) is -3.85. The number of nitrogens with zero attached hydrogens (tertiary/aromatic N) is 3. The number of aromatic nitrogens is 1. The average Bonchev–Trinajstić information content (AvgIpc) is 2.80. The highest BCUT2D eigenvalue weighted by Gasteiger charge is 2.26. The zero-order valence-corrected chi connectivity index (χ0v) is 18.7. The minimum absolute atomic E-state index is 0.106. The molecule has 0 saturated carbocycles. The number of anilines is 2. The Morgan fingerprint density at radius 2 is 2.21 bits per heavy atom. The van der Waals surface area contributed by atoms with Crippen molar-refractivity contribution < 1.29 is 23.1 Å². The Morgan fingerprint density at radius 3 is 3.03 bits per heavy atom. The van der Waals surface area contributed by atoms with Crippen LogP contribution in [0.25, 0.3) is 0 Å². The lowest BCUT2D eigenvalue weighted by Crippen LogP contribution is -2.38. The SMILES string of the molecule is NC1=NS(=O)(=O)Nc2cccc(OC[C@H]3CCCN(c4cc(C(=O)NCCO)ccn4)C3)c21. The third-order valence-corrected chi connectivity index (χ3v) is 6.38. The lowest BCUT2D eigenvalue weighted by atomic mass is 9.98. The zero-order chi connectivity index (χ0) is 23.4. The van der Waals surface area contributed by atoms with E-state index < -0.39 is 10.2 Å². The fourth-order valence-electron chi connectivity index (χ4n) is 3.96. The normalized spacial score (nSPS) is 19.1. The number of fused-ring (bicyclic) bond motifs is 1. The lowest BCUT2D eigenvalue weighted by Gasteiger charge is -2.33. The number of nitrogens with one attached hydrogen (secondary N) is 2. The highest BCUT2D eigenvalue weighted by atomic mass is 32.2. The zero-order valence-electron chi connectivity index (χ0n) is 17.9. The van der Waals surface area contributed by atoms with Crippen LogP contribution in [-0.4, -0.2) is 63.1 Å². The number of ether oxygens (including phenoxy) is 1. The third kappa shape index (κ3) is 5.34. The van der Waals surface area contributed by atoms with Gasteiger partial charge in [-0.05, 0) is 37.1 Å². The van der Waals surface area contributed by atoms with E-state index in [1.54, 1.807) is 36.5 Å². The van der Waals surface area contributed by atoms with E-state index in [1.807, 2.05) is 0 Å². The van der Waals surface area contributed by atoms with Crippen LogP contribution in [0.4, 0.5) is 11.5 Å². The third-order valence-electron chi connectivity index (χ3n) is 5.46. The first-order valence-electron chi connectivity index (χ1n) is 10.6. The maximum atomic E-state index is 12.2. The number of carbonyl (C=O) groups is 1. The van der Waals surface area contributed by atoms with Crippen molar-refractivity contribution in [2.45, 2.75) is 12.8 Å². The van der Waals surface area contributed by atoms with Gasteiger partial charge < -0.3 is 25.8 Å². The van der Waals surface area contributed by atoms with Gasteiger partial charge in [0.15, 0.2) is 5.84 Å². The largest absolute Gasteiger partial charge is 0.492 e. The van der Waals surface area contributed by atoms with Gasteiger partial charge in [-0.1, -0.05) is 6.07 Å². The Kier molecular flexibility index (Phi) is 6.65. The van der Waals surface area contributed by atoms with Gasteiger partial charge in [0.25, 0.3) is 5.91 Å². The molecule has 4 rings (SSSR count). The number of pyridine rings is 1.